The molecule has 1 aliphatic rings. The van der Waals surface area contributed by atoms with Gasteiger partial charge >= 0.3 is 0 Å². The smallest absolute Gasteiger partial charge is 0.248 e. The largest absolute Gasteiger partial charge is 0.360 e. The highest BCUT2D eigenvalue weighted by Gasteiger charge is 2.36. The summed E-state index contributed by atoms with van der Waals surface area (Å²) < 4.78 is 4.93. The van der Waals surface area contributed by atoms with Crippen molar-refractivity contribution in [1.29, 1.82) is 0 Å². The van der Waals surface area contributed by atoms with Gasteiger partial charge in [-0.3, -0.25) is 9.59 Å². The predicted octanol–water partition coefficient (Wildman–Crippen LogP) is 2.11. The minimum Gasteiger partial charge on any atom is -0.360 e. The first kappa shape index (κ1) is 14.3. The normalized spacial score (nSPS) is 17.8. The maximum absolute atomic E-state index is 12.4. The topological polar surface area (TPSA) is 75.4 Å². The van der Waals surface area contributed by atoms with Gasteiger partial charge in [0, 0.05) is 19.0 Å². The highest BCUT2D eigenvalue weighted by molar-refractivity contribution is 5.98. The Bertz CT molecular complexity index is 681. The summed E-state index contributed by atoms with van der Waals surface area (Å²) in [4.78, 5) is 26.1. The first-order chi connectivity index (χ1) is 10.6. The minimum absolute atomic E-state index is 0.000312. The van der Waals surface area contributed by atoms with E-state index < -0.39 is 6.04 Å². The fraction of sp³-hybridized carbons (Fsp3) is 0.312. The van der Waals surface area contributed by atoms with Crippen molar-refractivity contribution in [3.63, 3.8) is 0 Å². The van der Waals surface area contributed by atoms with E-state index in [1.165, 1.54) is 0 Å². The number of hydrogen-bond donors (Lipinski definition) is 1. The van der Waals surface area contributed by atoms with E-state index in [1.54, 1.807) is 17.9 Å². The van der Waals surface area contributed by atoms with E-state index in [-0.39, 0.29) is 11.8 Å². The van der Waals surface area contributed by atoms with Gasteiger partial charge in [-0.05, 0) is 18.9 Å². The molecule has 1 unspecified atom stereocenters. The Kier molecular flexibility index (Phi) is 3.91. The van der Waals surface area contributed by atoms with Crippen molar-refractivity contribution in [2.75, 3.05) is 5.32 Å². The van der Waals surface area contributed by atoms with Gasteiger partial charge in [-0.1, -0.05) is 35.5 Å². The molecule has 114 valence electrons. The molecule has 6 nitrogen and oxygen atoms in total. The van der Waals surface area contributed by atoms with E-state index in [9.17, 15) is 9.59 Å². The van der Waals surface area contributed by atoms with Gasteiger partial charge in [0.15, 0.2) is 5.82 Å². The van der Waals surface area contributed by atoms with E-state index in [1.807, 2.05) is 30.3 Å². The zero-order chi connectivity index (χ0) is 15.5. The summed E-state index contributed by atoms with van der Waals surface area (Å²) in [5.41, 5.74) is 1.01. The van der Waals surface area contributed by atoms with Gasteiger partial charge in [-0.15, -0.1) is 0 Å². The van der Waals surface area contributed by atoms with Crippen LogP contribution in [-0.4, -0.2) is 27.9 Å². The third-order valence-electron chi connectivity index (χ3n) is 3.71. The number of hydrogen-bond acceptors (Lipinski definition) is 4. The lowest BCUT2D eigenvalue weighted by atomic mass is 10.1. The lowest BCUT2D eigenvalue weighted by Gasteiger charge is -2.23. The Morgan fingerprint density at radius 1 is 1.41 bits per heavy atom. The van der Waals surface area contributed by atoms with Crippen LogP contribution in [0.5, 0.6) is 0 Å². The number of nitrogens with zero attached hydrogens (tertiary/aromatic N) is 2. The van der Waals surface area contributed by atoms with Crippen LogP contribution in [0.15, 0.2) is 40.9 Å². The fourth-order valence-electron chi connectivity index (χ4n) is 2.62. The second-order valence-corrected chi connectivity index (χ2v) is 5.37. The summed E-state index contributed by atoms with van der Waals surface area (Å²) in [6.45, 7) is 2.19. The molecule has 1 atom stereocenters. The van der Waals surface area contributed by atoms with E-state index in [0.29, 0.717) is 31.0 Å². The molecule has 0 radical (unpaired) electrons. The van der Waals surface area contributed by atoms with Gasteiger partial charge in [0.25, 0.3) is 0 Å². The fourth-order valence-corrected chi connectivity index (χ4v) is 2.62. The van der Waals surface area contributed by atoms with Gasteiger partial charge in [-0.2, -0.15) is 0 Å². The Balaban J connectivity index is 1.71. The van der Waals surface area contributed by atoms with Crippen molar-refractivity contribution in [3.05, 3.63) is 47.7 Å². The number of nitrogens with one attached hydrogen (secondary N) is 1. The van der Waals surface area contributed by atoms with E-state index in [4.69, 9.17) is 4.52 Å². The van der Waals surface area contributed by atoms with Gasteiger partial charge in [0.1, 0.15) is 11.8 Å². The predicted molar refractivity (Wildman–Crippen MR) is 79.9 cm³/mol. The van der Waals surface area contributed by atoms with Crippen LogP contribution in [0.1, 0.15) is 24.2 Å². The molecule has 1 aliphatic heterocycles. The molecule has 1 N–H and O–H groups in total. The summed E-state index contributed by atoms with van der Waals surface area (Å²) in [6.07, 6.45) is 0.914. The van der Waals surface area contributed by atoms with Gasteiger partial charge in [-0.25, -0.2) is 0 Å². The molecule has 2 amide bonds. The molecule has 0 aliphatic carbocycles. The number of anilines is 1. The van der Waals surface area contributed by atoms with Gasteiger partial charge in [0.2, 0.25) is 11.8 Å². The van der Waals surface area contributed by atoms with E-state index in [2.05, 4.69) is 10.5 Å². The Labute approximate surface area is 128 Å². The third-order valence-corrected chi connectivity index (χ3v) is 3.71. The number of amides is 2. The van der Waals surface area contributed by atoms with Crippen molar-refractivity contribution in [2.24, 2.45) is 0 Å². The zero-order valence-electron chi connectivity index (χ0n) is 12.3. The number of carbonyl (C=O) groups is 2. The first-order valence-corrected chi connectivity index (χ1v) is 7.21. The van der Waals surface area contributed by atoms with Crippen LogP contribution >= 0.6 is 0 Å². The average Bonchev–Trinajstić information content (AvgIpc) is 3.07. The SMILES string of the molecule is Cc1cc(NC(=O)C2CCC(=O)N2Cc2ccccc2)no1. The van der Waals surface area contributed by atoms with Crippen molar-refractivity contribution in [2.45, 2.75) is 32.4 Å². The van der Waals surface area contributed by atoms with Gasteiger partial charge < -0.3 is 14.7 Å². The minimum atomic E-state index is -0.468. The van der Waals surface area contributed by atoms with Crippen molar-refractivity contribution < 1.29 is 14.1 Å². The molecule has 1 saturated heterocycles. The maximum Gasteiger partial charge on any atom is 0.248 e. The third kappa shape index (κ3) is 3.00. The highest BCUT2D eigenvalue weighted by atomic mass is 16.5. The van der Waals surface area contributed by atoms with Crippen molar-refractivity contribution >= 4 is 17.6 Å². The number of aromatic nitrogens is 1. The standard InChI is InChI=1S/C16H17N3O3/c1-11-9-14(18-22-11)17-16(21)13-7-8-15(20)19(13)10-12-5-3-2-4-6-12/h2-6,9,13H,7-8,10H2,1H3,(H,17,18,21). The van der Waals surface area contributed by atoms with Crippen LogP contribution < -0.4 is 5.32 Å². The number of rotatable bonds is 4. The zero-order valence-corrected chi connectivity index (χ0v) is 12.3. The number of aryl methyl sites for hydroxylation is 1. The molecule has 3 rings (SSSR count). The Morgan fingerprint density at radius 2 is 2.18 bits per heavy atom. The molecule has 0 bridgehead atoms. The van der Waals surface area contributed by atoms with Crippen molar-refractivity contribution in [1.82, 2.24) is 10.1 Å². The van der Waals surface area contributed by atoms with Crippen LogP contribution in [-0.2, 0) is 16.1 Å². The Morgan fingerprint density at radius 3 is 2.86 bits per heavy atom. The number of carbonyl (C=O) groups excluding carboxylic acids is 2. The van der Waals surface area contributed by atoms with E-state index in [0.717, 1.165) is 5.56 Å². The summed E-state index contributed by atoms with van der Waals surface area (Å²) in [6, 6.07) is 10.8. The number of likely N-dealkylation sites (tertiary alicyclic amines) is 1. The molecule has 2 aromatic rings. The Hall–Kier alpha value is -2.63. The van der Waals surface area contributed by atoms with E-state index >= 15 is 0 Å². The van der Waals surface area contributed by atoms with Crippen LogP contribution in [0.25, 0.3) is 0 Å². The summed E-state index contributed by atoms with van der Waals surface area (Å²) in [5.74, 6) is 0.774. The lowest BCUT2D eigenvalue weighted by Crippen LogP contribution is -2.41. The molecule has 22 heavy (non-hydrogen) atoms. The van der Waals surface area contributed by atoms with Crippen LogP contribution in [0.2, 0.25) is 0 Å². The van der Waals surface area contributed by atoms with Crippen LogP contribution in [0.4, 0.5) is 5.82 Å². The molecule has 0 saturated carbocycles. The molecule has 1 fully saturated rings. The summed E-state index contributed by atoms with van der Waals surface area (Å²) in [7, 11) is 0. The highest BCUT2D eigenvalue weighted by Crippen LogP contribution is 2.23. The summed E-state index contributed by atoms with van der Waals surface area (Å²) >= 11 is 0. The number of benzene rings is 1. The molecule has 2 heterocycles. The summed E-state index contributed by atoms with van der Waals surface area (Å²) in [5, 5.41) is 6.45. The van der Waals surface area contributed by atoms with Crippen LogP contribution in [0, 0.1) is 6.92 Å². The maximum atomic E-state index is 12.4. The van der Waals surface area contributed by atoms with Crippen molar-refractivity contribution in [3.8, 4) is 0 Å². The molecule has 6 heteroatoms. The molecule has 1 aromatic carbocycles. The lowest BCUT2D eigenvalue weighted by molar-refractivity contribution is -0.133. The molecule has 1 aromatic heterocycles. The average molecular weight is 299 g/mol. The second-order valence-electron chi connectivity index (χ2n) is 5.37. The monoisotopic (exact) mass is 299 g/mol. The molecular formula is C16H17N3O3. The first-order valence-electron chi connectivity index (χ1n) is 7.21. The van der Waals surface area contributed by atoms with Crippen LogP contribution in [0.3, 0.4) is 0 Å². The van der Waals surface area contributed by atoms with Gasteiger partial charge in [0.05, 0.1) is 0 Å². The second kappa shape index (κ2) is 6.01. The quantitative estimate of drug-likeness (QED) is 0.938. The molecular weight excluding hydrogens is 282 g/mol. The molecule has 0 spiro atoms.